The van der Waals surface area contributed by atoms with Crippen LogP contribution in [0.2, 0.25) is 0 Å². The van der Waals surface area contributed by atoms with Crippen molar-refractivity contribution in [3.63, 3.8) is 0 Å². The molecule has 3 aliphatic rings. The van der Waals surface area contributed by atoms with Crippen LogP contribution in [0.25, 0.3) is 0 Å². The molecule has 0 aromatic heterocycles. The maximum absolute atomic E-state index is 1.66. The van der Waals surface area contributed by atoms with E-state index in [9.17, 15) is 0 Å². The third-order valence-electron chi connectivity index (χ3n) is 2.98. The molecule has 0 spiro atoms. The van der Waals surface area contributed by atoms with Gasteiger partial charge in [0, 0.05) is 0 Å². The third kappa shape index (κ3) is 0.361. The van der Waals surface area contributed by atoms with Gasteiger partial charge in [-0.1, -0.05) is 0 Å². The fourth-order valence-electron chi connectivity index (χ4n) is 2.60. The van der Waals surface area contributed by atoms with Crippen molar-refractivity contribution < 1.29 is 21.2 Å². The van der Waals surface area contributed by atoms with Gasteiger partial charge in [0.1, 0.15) is 0 Å². The molecule has 0 aromatic rings. The van der Waals surface area contributed by atoms with E-state index >= 15 is 0 Å². The molecule has 2 aliphatic carbocycles. The molecule has 3 fully saturated rings. The molecule has 2 unspecified atom stereocenters. The summed E-state index contributed by atoms with van der Waals surface area (Å²) in [6.07, 6.45) is 4.97. The molecular weight excluding hydrogens is 211 g/mol. The first-order valence-corrected chi connectivity index (χ1v) is 6.04. The summed E-state index contributed by atoms with van der Waals surface area (Å²) < 4.78 is 2.66. The number of hydrogen-bond acceptors (Lipinski definition) is 0. The number of rotatable bonds is 0. The number of fused-ring (bicyclic) bond motifs is 1. The maximum atomic E-state index is 1.66. The fraction of sp³-hybridized carbons (Fsp3) is 1.00. The normalized spacial score (nSPS) is 67.0. The van der Waals surface area contributed by atoms with Crippen molar-refractivity contribution in [2.75, 3.05) is 0 Å². The molecule has 2 atom stereocenters. The van der Waals surface area contributed by atoms with E-state index in [4.69, 9.17) is 0 Å². The van der Waals surface area contributed by atoms with E-state index in [-0.39, 0.29) is 0 Å². The average molecular weight is 221 g/mol. The van der Waals surface area contributed by atoms with Gasteiger partial charge in [-0.2, -0.15) is 0 Å². The summed E-state index contributed by atoms with van der Waals surface area (Å²) in [6, 6.07) is 0. The van der Waals surface area contributed by atoms with Gasteiger partial charge in [0.2, 0.25) is 0 Å². The zero-order chi connectivity index (χ0) is 5.14. The number of alkyl halides is 2. The fourth-order valence-corrected chi connectivity index (χ4v) is 7.75. The van der Waals surface area contributed by atoms with E-state index in [0.717, 1.165) is 21.2 Å². The SMILES string of the molecule is C1C2CC3[I-]C1C3C2. The van der Waals surface area contributed by atoms with Crippen LogP contribution in [-0.2, 0) is 0 Å². The summed E-state index contributed by atoms with van der Waals surface area (Å²) in [6.45, 7) is 0. The Balaban J connectivity index is 2.03. The molecule has 46 valence electrons. The number of hydrogen-bond donors (Lipinski definition) is 0. The van der Waals surface area contributed by atoms with Crippen LogP contribution in [-0.4, -0.2) is 7.85 Å². The molecular formula is C7H10I-. The minimum absolute atomic E-state index is 0.751. The summed E-state index contributed by atoms with van der Waals surface area (Å²) >= 11 is 0.751. The van der Waals surface area contributed by atoms with Crippen LogP contribution in [0.15, 0.2) is 0 Å². The van der Waals surface area contributed by atoms with Crippen LogP contribution in [0.4, 0.5) is 0 Å². The predicted octanol–water partition coefficient (Wildman–Crippen LogP) is -1.74. The standard InChI is InChI=1S/C7H10I/c1-4-2-6-5(1)7(3-4)8-6/h4-7H,1-3H2/q-1. The molecule has 2 bridgehead atoms. The predicted molar refractivity (Wildman–Crippen MR) is 28.4 cm³/mol. The summed E-state index contributed by atoms with van der Waals surface area (Å²) in [7, 11) is 0. The van der Waals surface area contributed by atoms with E-state index in [1.165, 1.54) is 19.7 Å². The molecule has 0 nitrogen and oxygen atoms in total. The monoisotopic (exact) mass is 221 g/mol. The molecule has 0 aromatic carbocycles. The van der Waals surface area contributed by atoms with Gasteiger partial charge in [-0.3, -0.25) is 0 Å². The van der Waals surface area contributed by atoms with Crippen LogP contribution < -0.4 is 21.2 Å². The van der Waals surface area contributed by atoms with E-state index in [1.807, 2.05) is 0 Å². The second-order valence-electron chi connectivity index (χ2n) is 3.39. The van der Waals surface area contributed by atoms with Gasteiger partial charge in [-0.05, 0) is 0 Å². The van der Waals surface area contributed by atoms with Gasteiger partial charge in [0.05, 0.1) is 0 Å². The van der Waals surface area contributed by atoms with Gasteiger partial charge in [-0.25, -0.2) is 0 Å². The quantitative estimate of drug-likeness (QED) is 0.336. The van der Waals surface area contributed by atoms with E-state index in [2.05, 4.69) is 0 Å². The molecule has 8 heavy (non-hydrogen) atoms. The molecule has 1 aliphatic heterocycles. The van der Waals surface area contributed by atoms with E-state index in [1.54, 1.807) is 19.3 Å². The Morgan fingerprint density at radius 3 is 2.00 bits per heavy atom. The second-order valence-corrected chi connectivity index (χ2v) is 7.31. The molecule has 1 saturated heterocycles. The van der Waals surface area contributed by atoms with Crippen LogP contribution in [0.1, 0.15) is 19.3 Å². The van der Waals surface area contributed by atoms with Gasteiger partial charge < -0.3 is 0 Å². The molecule has 2 saturated carbocycles. The average Bonchev–Trinajstić information content (AvgIpc) is 2.23. The molecule has 1 heteroatoms. The molecule has 0 radical (unpaired) electrons. The molecule has 1 heterocycles. The Hall–Kier alpha value is 0.730. The van der Waals surface area contributed by atoms with Crippen molar-refractivity contribution in [1.82, 2.24) is 0 Å². The Morgan fingerprint density at radius 1 is 1.00 bits per heavy atom. The first-order chi connectivity index (χ1) is 3.93. The van der Waals surface area contributed by atoms with Crippen molar-refractivity contribution in [1.29, 1.82) is 0 Å². The van der Waals surface area contributed by atoms with Crippen molar-refractivity contribution in [3.05, 3.63) is 0 Å². The second kappa shape index (κ2) is 1.25. The van der Waals surface area contributed by atoms with E-state index in [0.29, 0.717) is 0 Å². The topological polar surface area (TPSA) is 0 Å². The number of halogens is 1. The van der Waals surface area contributed by atoms with Gasteiger partial charge in [0.15, 0.2) is 0 Å². The van der Waals surface area contributed by atoms with Crippen LogP contribution in [0.5, 0.6) is 0 Å². The van der Waals surface area contributed by atoms with Crippen LogP contribution >= 0.6 is 0 Å². The summed E-state index contributed by atoms with van der Waals surface area (Å²) in [5, 5.41) is 0. The van der Waals surface area contributed by atoms with Crippen LogP contribution in [0, 0.1) is 11.8 Å². The minimum atomic E-state index is 0.751. The van der Waals surface area contributed by atoms with Crippen molar-refractivity contribution in [3.8, 4) is 0 Å². The van der Waals surface area contributed by atoms with Crippen molar-refractivity contribution in [2.24, 2.45) is 11.8 Å². The first-order valence-electron chi connectivity index (χ1n) is 3.55. The first kappa shape index (κ1) is 4.53. The van der Waals surface area contributed by atoms with Gasteiger partial charge >= 0.3 is 60.2 Å². The zero-order valence-electron chi connectivity index (χ0n) is 4.81. The van der Waals surface area contributed by atoms with Gasteiger partial charge in [-0.15, -0.1) is 0 Å². The zero-order valence-corrected chi connectivity index (χ0v) is 6.97. The Kier molecular flexibility index (Phi) is 0.708. The van der Waals surface area contributed by atoms with Crippen molar-refractivity contribution in [2.45, 2.75) is 27.1 Å². The Morgan fingerprint density at radius 2 is 1.75 bits per heavy atom. The Bertz CT molecular complexity index is 118. The molecule has 0 N–H and O–H groups in total. The van der Waals surface area contributed by atoms with Crippen molar-refractivity contribution >= 4 is 0 Å². The Labute approximate surface area is 60.3 Å². The van der Waals surface area contributed by atoms with E-state index < -0.39 is 0 Å². The summed E-state index contributed by atoms with van der Waals surface area (Å²) in [4.78, 5) is 0. The summed E-state index contributed by atoms with van der Waals surface area (Å²) in [5.74, 6) is 2.51. The summed E-state index contributed by atoms with van der Waals surface area (Å²) in [5.41, 5.74) is 0. The third-order valence-corrected chi connectivity index (χ3v) is 7.69. The molecule has 0 amide bonds. The molecule has 3 rings (SSSR count). The van der Waals surface area contributed by atoms with Crippen LogP contribution in [0.3, 0.4) is 0 Å². The van der Waals surface area contributed by atoms with Gasteiger partial charge in [0.25, 0.3) is 0 Å².